The molecule has 0 aromatic carbocycles. The van der Waals surface area contributed by atoms with Gasteiger partial charge >= 0.3 is 0 Å². The van der Waals surface area contributed by atoms with Crippen LogP contribution in [0.25, 0.3) is 0 Å². The van der Waals surface area contributed by atoms with Crippen LogP contribution in [-0.2, 0) is 11.2 Å². The summed E-state index contributed by atoms with van der Waals surface area (Å²) in [6.07, 6.45) is 9.12. The maximum absolute atomic E-state index is 12.5. The number of nitrogens with two attached hydrogens (primary N) is 1. The summed E-state index contributed by atoms with van der Waals surface area (Å²) in [5, 5.41) is 3.08. The highest BCUT2D eigenvalue weighted by Gasteiger charge is 2.27. The molecular weight excluding hydrogens is 294 g/mol. The number of pyridine rings is 1. The third-order valence-electron chi connectivity index (χ3n) is 4.67. The van der Waals surface area contributed by atoms with E-state index in [4.69, 9.17) is 5.73 Å². The summed E-state index contributed by atoms with van der Waals surface area (Å²) < 4.78 is 0. The molecule has 2 unspecified atom stereocenters. The van der Waals surface area contributed by atoms with Gasteiger partial charge in [0.2, 0.25) is 5.91 Å². The molecule has 0 spiro atoms. The van der Waals surface area contributed by atoms with Crippen molar-refractivity contribution in [3.63, 3.8) is 0 Å². The van der Waals surface area contributed by atoms with Crippen molar-refractivity contribution in [2.24, 2.45) is 11.7 Å². The van der Waals surface area contributed by atoms with Crippen LogP contribution in [0.2, 0.25) is 0 Å². The van der Waals surface area contributed by atoms with Crippen molar-refractivity contribution in [2.45, 2.75) is 44.6 Å². The van der Waals surface area contributed by atoms with Crippen LogP contribution in [0.4, 0.5) is 0 Å². The minimum atomic E-state index is -0.748. The molecule has 1 aromatic heterocycles. The summed E-state index contributed by atoms with van der Waals surface area (Å²) >= 11 is 0. The standard InChI is InChI=1S/C17H21N3O3/c18-15(21)12-9-11-13(7-4-8-14(11)20-17(12)23)19-16(22)10-5-2-1-3-6-10/h1-2,9-10,13H,3-8H2,(H2,18,21)(H,19,22)(H,20,23). The SMILES string of the molecule is NC(=O)c1cc2c([nH]c1=O)CCCC2NC(=O)C1CC=CCC1. The smallest absolute Gasteiger partial charge is 0.261 e. The molecule has 0 aliphatic heterocycles. The van der Waals surface area contributed by atoms with Gasteiger partial charge in [0, 0.05) is 11.6 Å². The number of H-pyrrole nitrogens is 1. The fraction of sp³-hybridized carbons (Fsp3) is 0.471. The van der Waals surface area contributed by atoms with E-state index in [2.05, 4.69) is 16.4 Å². The first-order chi connectivity index (χ1) is 11.1. The van der Waals surface area contributed by atoms with Crippen molar-refractivity contribution in [2.75, 3.05) is 0 Å². The monoisotopic (exact) mass is 315 g/mol. The second-order valence-electron chi connectivity index (χ2n) is 6.25. The summed E-state index contributed by atoms with van der Waals surface area (Å²) in [7, 11) is 0. The molecule has 0 saturated heterocycles. The molecule has 0 radical (unpaired) electrons. The van der Waals surface area contributed by atoms with Gasteiger partial charge in [-0.05, 0) is 50.2 Å². The van der Waals surface area contributed by atoms with Gasteiger partial charge in [0.25, 0.3) is 11.5 Å². The zero-order valence-corrected chi connectivity index (χ0v) is 12.9. The van der Waals surface area contributed by atoms with Crippen LogP contribution >= 0.6 is 0 Å². The van der Waals surface area contributed by atoms with Gasteiger partial charge in [0.15, 0.2) is 0 Å². The third-order valence-corrected chi connectivity index (χ3v) is 4.67. The van der Waals surface area contributed by atoms with E-state index in [-0.39, 0.29) is 23.4 Å². The molecule has 2 aliphatic carbocycles. The van der Waals surface area contributed by atoms with E-state index in [9.17, 15) is 14.4 Å². The van der Waals surface area contributed by atoms with Crippen molar-refractivity contribution in [3.05, 3.63) is 45.4 Å². The first kappa shape index (κ1) is 15.5. The molecular formula is C17H21N3O3. The summed E-state index contributed by atoms with van der Waals surface area (Å²) in [6.45, 7) is 0. The highest BCUT2D eigenvalue weighted by molar-refractivity contribution is 5.92. The number of aromatic nitrogens is 1. The molecule has 3 rings (SSSR count). The second kappa shape index (κ2) is 6.40. The lowest BCUT2D eigenvalue weighted by molar-refractivity contribution is -0.126. The number of hydrogen-bond donors (Lipinski definition) is 3. The first-order valence-electron chi connectivity index (χ1n) is 8.07. The normalized spacial score (nSPS) is 23.1. The number of carbonyl (C=O) groups is 2. The van der Waals surface area contributed by atoms with Crippen molar-refractivity contribution in [1.29, 1.82) is 0 Å². The van der Waals surface area contributed by atoms with Crippen LogP contribution < -0.4 is 16.6 Å². The van der Waals surface area contributed by atoms with Crippen molar-refractivity contribution in [1.82, 2.24) is 10.3 Å². The second-order valence-corrected chi connectivity index (χ2v) is 6.25. The number of aromatic amines is 1. The number of amides is 2. The molecule has 0 fully saturated rings. The Kier molecular flexibility index (Phi) is 4.32. The summed E-state index contributed by atoms with van der Waals surface area (Å²) in [5.74, 6) is -0.704. The van der Waals surface area contributed by atoms with Gasteiger partial charge in [-0.1, -0.05) is 12.2 Å². The molecule has 2 atom stereocenters. The van der Waals surface area contributed by atoms with Gasteiger partial charge in [-0.3, -0.25) is 14.4 Å². The van der Waals surface area contributed by atoms with E-state index >= 15 is 0 Å². The van der Waals surface area contributed by atoms with Crippen LogP contribution in [0, 0.1) is 5.92 Å². The number of fused-ring (bicyclic) bond motifs is 1. The van der Waals surface area contributed by atoms with E-state index in [1.807, 2.05) is 6.08 Å². The lowest BCUT2D eigenvalue weighted by atomic mass is 9.88. The highest BCUT2D eigenvalue weighted by atomic mass is 16.2. The molecule has 0 bridgehead atoms. The highest BCUT2D eigenvalue weighted by Crippen LogP contribution is 2.29. The minimum absolute atomic E-state index is 0.00347. The molecule has 0 saturated carbocycles. The summed E-state index contributed by atoms with van der Waals surface area (Å²) in [6, 6.07) is 1.37. The molecule has 6 heteroatoms. The lowest BCUT2D eigenvalue weighted by Gasteiger charge is -2.28. The Balaban J connectivity index is 1.84. The summed E-state index contributed by atoms with van der Waals surface area (Å²) in [4.78, 5) is 38.4. The van der Waals surface area contributed by atoms with Crippen molar-refractivity contribution >= 4 is 11.8 Å². The Bertz CT molecular complexity index is 720. The Morgan fingerprint density at radius 2 is 2.09 bits per heavy atom. The van der Waals surface area contributed by atoms with Crippen LogP contribution in [0.1, 0.15) is 59.8 Å². The molecule has 1 aromatic rings. The average molecular weight is 315 g/mol. The van der Waals surface area contributed by atoms with Gasteiger partial charge in [0.05, 0.1) is 6.04 Å². The van der Waals surface area contributed by atoms with Crippen molar-refractivity contribution in [3.8, 4) is 0 Å². The zero-order chi connectivity index (χ0) is 16.4. The molecule has 1 heterocycles. The topological polar surface area (TPSA) is 105 Å². The van der Waals surface area contributed by atoms with Gasteiger partial charge in [-0.25, -0.2) is 0 Å². The predicted octanol–water partition coefficient (Wildman–Crippen LogP) is 1.32. The Labute approximate surface area is 134 Å². The van der Waals surface area contributed by atoms with E-state index in [0.717, 1.165) is 49.8 Å². The van der Waals surface area contributed by atoms with E-state index < -0.39 is 11.5 Å². The van der Waals surface area contributed by atoms with E-state index in [1.165, 1.54) is 0 Å². The van der Waals surface area contributed by atoms with Crippen LogP contribution in [0.5, 0.6) is 0 Å². The number of allylic oxidation sites excluding steroid dienone is 2. The maximum atomic E-state index is 12.5. The Morgan fingerprint density at radius 3 is 2.78 bits per heavy atom. The van der Waals surface area contributed by atoms with Crippen LogP contribution in [0.15, 0.2) is 23.0 Å². The first-order valence-corrected chi connectivity index (χ1v) is 8.07. The fourth-order valence-corrected chi connectivity index (χ4v) is 3.40. The number of hydrogen-bond acceptors (Lipinski definition) is 3. The van der Waals surface area contributed by atoms with Crippen molar-refractivity contribution < 1.29 is 9.59 Å². The summed E-state index contributed by atoms with van der Waals surface area (Å²) in [5.41, 5.74) is 6.35. The molecule has 2 amide bonds. The molecule has 6 nitrogen and oxygen atoms in total. The largest absolute Gasteiger partial charge is 0.365 e. The number of rotatable bonds is 3. The number of carbonyl (C=O) groups excluding carboxylic acids is 2. The van der Waals surface area contributed by atoms with E-state index in [1.54, 1.807) is 6.07 Å². The molecule has 23 heavy (non-hydrogen) atoms. The fourth-order valence-electron chi connectivity index (χ4n) is 3.40. The maximum Gasteiger partial charge on any atom is 0.261 e. The third kappa shape index (κ3) is 3.21. The number of aryl methyl sites for hydroxylation is 1. The molecule has 2 aliphatic rings. The van der Waals surface area contributed by atoms with Gasteiger partial charge in [0.1, 0.15) is 5.56 Å². The van der Waals surface area contributed by atoms with Crippen LogP contribution in [-0.4, -0.2) is 16.8 Å². The molecule has 4 N–H and O–H groups in total. The van der Waals surface area contributed by atoms with Gasteiger partial charge < -0.3 is 16.0 Å². The Hall–Kier alpha value is -2.37. The van der Waals surface area contributed by atoms with Crippen LogP contribution in [0.3, 0.4) is 0 Å². The van der Waals surface area contributed by atoms with E-state index in [0.29, 0.717) is 0 Å². The predicted molar refractivity (Wildman–Crippen MR) is 85.9 cm³/mol. The van der Waals surface area contributed by atoms with Gasteiger partial charge in [-0.15, -0.1) is 0 Å². The zero-order valence-electron chi connectivity index (χ0n) is 12.9. The van der Waals surface area contributed by atoms with Gasteiger partial charge in [-0.2, -0.15) is 0 Å². The number of primary amides is 1. The lowest BCUT2D eigenvalue weighted by Crippen LogP contribution is -2.37. The quantitative estimate of drug-likeness (QED) is 0.733. The average Bonchev–Trinajstić information content (AvgIpc) is 2.55. The number of nitrogens with one attached hydrogen (secondary N) is 2. The Morgan fingerprint density at radius 1 is 1.26 bits per heavy atom. The minimum Gasteiger partial charge on any atom is -0.365 e. The molecule has 122 valence electrons.